The first-order valence-corrected chi connectivity index (χ1v) is 11.9. The zero-order valence-corrected chi connectivity index (χ0v) is 19.6. The molecule has 1 aliphatic rings. The van der Waals surface area contributed by atoms with E-state index in [9.17, 15) is 4.79 Å². The number of ketones is 1. The number of rotatable bonds is 8. The van der Waals surface area contributed by atoms with Crippen LogP contribution in [0.25, 0.3) is 0 Å². The maximum atomic E-state index is 13.1. The van der Waals surface area contributed by atoms with Crippen molar-refractivity contribution in [1.29, 1.82) is 0 Å². The maximum absolute atomic E-state index is 13.1. The zero-order valence-electron chi connectivity index (χ0n) is 18.8. The van der Waals surface area contributed by atoms with Gasteiger partial charge in [-0.25, -0.2) is 0 Å². The highest BCUT2D eigenvalue weighted by molar-refractivity contribution is 7.14. The Morgan fingerprint density at radius 3 is 2.45 bits per heavy atom. The summed E-state index contributed by atoms with van der Waals surface area (Å²) in [5.74, 6) is 0.324. The summed E-state index contributed by atoms with van der Waals surface area (Å²) in [5.41, 5.74) is 8.36. The second kappa shape index (κ2) is 9.14. The first-order valence-electron chi connectivity index (χ1n) is 11.1. The van der Waals surface area contributed by atoms with Gasteiger partial charge in [0.15, 0.2) is 5.78 Å². The molecule has 158 valence electrons. The van der Waals surface area contributed by atoms with Gasteiger partial charge in [0.1, 0.15) is 0 Å². The molecule has 0 unspecified atom stereocenters. The van der Waals surface area contributed by atoms with Crippen molar-refractivity contribution in [2.45, 2.75) is 86.0 Å². The van der Waals surface area contributed by atoms with Gasteiger partial charge in [0, 0.05) is 17.9 Å². The van der Waals surface area contributed by atoms with Crippen LogP contribution < -0.4 is 0 Å². The third-order valence-corrected chi connectivity index (χ3v) is 7.92. The van der Waals surface area contributed by atoms with Gasteiger partial charge >= 0.3 is 0 Å². The summed E-state index contributed by atoms with van der Waals surface area (Å²) in [7, 11) is 0. The first kappa shape index (κ1) is 22.2. The number of aliphatic hydroxyl groups excluding tert-OH is 1. The molecule has 0 saturated carbocycles. The van der Waals surface area contributed by atoms with Crippen LogP contribution in [-0.4, -0.2) is 17.5 Å². The van der Waals surface area contributed by atoms with Gasteiger partial charge in [-0.15, -0.1) is 11.3 Å². The van der Waals surface area contributed by atoms with E-state index < -0.39 is 0 Å². The van der Waals surface area contributed by atoms with E-state index in [2.05, 4.69) is 46.8 Å². The fourth-order valence-electron chi connectivity index (χ4n) is 4.81. The smallest absolute Gasteiger partial charge is 0.173 e. The molecule has 29 heavy (non-hydrogen) atoms. The molecule has 1 heterocycles. The van der Waals surface area contributed by atoms with E-state index in [-0.39, 0.29) is 6.61 Å². The molecule has 1 N–H and O–H groups in total. The Balaban J connectivity index is 1.74. The van der Waals surface area contributed by atoms with Crippen LogP contribution in [0.2, 0.25) is 0 Å². The standard InChI is InChI=1S/C26H36O2S/c1-6-24-22-16-26(4,5)12-11-21(22)25(29-24)23(28)10-9-19-14-17(2)20(8-7-13-27)18(3)15-19/h14-15,27H,6-13,16H2,1-5H3. The molecule has 1 aromatic carbocycles. The number of carbonyl (C=O) groups excluding carboxylic acids is 1. The van der Waals surface area contributed by atoms with Crippen molar-refractivity contribution in [3.63, 3.8) is 0 Å². The molecule has 0 radical (unpaired) electrons. The van der Waals surface area contributed by atoms with Crippen LogP contribution in [-0.2, 0) is 32.1 Å². The van der Waals surface area contributed by atoms with Crippen molar-refractivity contribution in [3.05, 3.63) is 55.3 Å². The summed E-state index contributed by atoms with van der Waals surface area (Å²) < 4.78 is 0. The number of aliphatic hydroxyl groups is 1. The largest absolute Gasteiger partial charge is 0.396 e. The van der Waals surface area contributed by atoms with E-state index >= 15 is 0 Å². The molecule has 3 rings (SSSR count). The molecule has 2 aromatic rings. The highest BCUT2D eigenvalue weighted by atomic mass is 32.1. The van der Waals surface area contributed by atoms with Gasteiger partial charge < -0.3 is 5.11 Å². The average molecular weight is 413 g/mol. The van der Waals surface area contributed by atoms with E-state index in [0.29, 0.717) is 17.6 Å². The Kier molecular flexibility index (Phi) is 7.01. The minimum atomic E-state index is 0.233. The number of hydrogen-bond acceptors (Lipinski definition) is 3. The molecular formula is C26H36O2S. The van der Waals surface area contributed by atoms with Crippen molar-refractivity contribution in [2.75, 3.05) is 6.61 Å². The lowest BCUT2D eigenvalue weighted by molar-refractivity contribution is 0.0985. The number of benzene rings is 1. The minimum Gasteiger partial charge on any atom is -0.396 e. The number of carbonyl (C=O) groups is 1. The SMILES string of the molecule is CCc1sc(C(=O)CCc2cc(C)c(CCCO)c(C)c2)c2c1CC(C)(C)CC2. The number of Topliss-reactive ketones (excluding diaryl/α,β-unsaturated/α-hetero) is 1. The van der Waals surface area contributed by atoms with Crippen molar-refractivity contribution < 1.29 is 9.90 Å². The second-order valence-corrected chi connectivity index (χ2v) is 10.6. The summed E-state index contributed by atoms with van der Waals surface area (Å²) in [6.45, 7) is 11.4. The molecule has 1 aromatic heterocycles. The van der Waals surface area contributed by atoms with Gasteiger partial charge in [-0.2, -0.15) is 0 Å². The minimum absolute atomic E-state index is 0.233. The quantitative estimate of drug-likeness (QED) is 0.525. The fraction of sp³-hybridized carbons (Fsp3) is 0.577. The molecular weight excluding hydrogens is 376 g/mol. The van der Waals surface area contributed by atoms with Crippen molar-refractivity contribution in [2.24, 2.45) is 5.41 Å². The van der Waals surface area contributed by atoms with Crippen LogP contribution in [0.1, 0.15) is 88.0 Å². The Labute approximate surface area is 180 Å². The van der Waals surface area contributed by atoms with E-state index in [1.54, 1.807) is 11.3 Å². The van der Waals surface area contributed by atoms with Crippen LogP contribution in [0.15, 0.2) is 12.1 Å². The Morgan fingerprint density at radius 2 is 1.83 bits per heavy atom. The lowest BCUT2D eigenvalue weighted by Gasteiger charge is -2.30. The summed E-state index contributed by atoms with van der Waals surface area (Å²) in [5, 5.41) is 9.11. The number of hydrogen-bond donors (Lipinski definition) is 1. The maximum Gasteiger partial charge on any atom is 0.173 e. The first-order chi connectivity index (χ1) is 13.8. The van der Waals surface area contributed by atoms with Gasteiger partial charge in [-0.1, -0.05) is 32.9 Å². The Morgan fingerprint density at radius 1 is 1.14 bits per heavy atom. The predicted molar refractivity (Wildman–Crippen MR) is 123 cm³/mol. The molecule has 0 amide bonds. The summed E-state index contributed by atoms with van der Waals surface area (Å²) in [4.78, 5) is 15.6. The lowest BCUT2D eigenvalue weighted by Crippen LogP contribution is -2.22. The Bertz CT molecular complexity index is 865. The van der Waals surface area contributed by atoms with E-state index in [4.69, 9.17) is 5.11 Å². The van der Waals surface area contributed by atoms with E-state index in [1.165, 1.54) is 44.7 Å². The number of aryl methyl sites for hydroxylation is 4. The van der Waals surface area contributed by atoms with Crippen LogP contribution in [0.5, 0.6) is 0 Å². The highest BCUT2D eigenvalue weighted by Crippen LogP contribution is 2.42. The molecule has 3 heteroatoms. The molecule has 2 nitrogen and oxygen atoms in total. The summed E-state index contributed by atoms with van der Waals surface area (Å²) in [6, 6.07) is 4.47. The van der Waals surface area contributed by atoms with Crippen LogP contribution in [0.3, 0.4) is 0 Å². The topological polar surface area (TPSA) is 37.3 Å². The Hall–Kier alpha value is -1.45. The van der Waals surface area contributed by atoms with Gasteiger partial charge in [0.2, 0.25) is 0 Å². The third-order valence-electron chi connectivity index (χ3n) is 6.46. The molecule has 0 aliphatic heterocycles. The predicted octanol–water partition coefficient (Wildman–Crippen LogP) is 6.18. The van der Waals surface area contributed by atoms with Gasteiger partial charge in [-0.05, 0) is 97.6 Å². The highest BCUT2D eigenvalue weighted by Gasteiger charge is 2.31. The van der Waals surface area contributed by atoms with Gasteiger partial charge in [-0.3, -0.25) is 4.79 Å². The molecule has 0 atom stereocenters. The molecule has 0 fully saturated rings. The van der Waals surface area contributed by atoms with Crippen LogP contribution in [0, 0.1) is 19.3 Å². The molecule has 1 aliphatic carbocycles. The zero-order chi connectivity index (χ0) is 21.2. The van der Waals surface area contributed by atoms with E-state index in [0.717, 1.165) is 43.4 Å². The van der Waals surface area contributed by atoms with Crippen LogP contribution in [0.4, 0.5) is 0 Å². The fourth-order valence-corrected chi connectivity index (χ4v) is 6.09. The van der Waals surface area contributed by atoms with Gasteiger partial charge in [0.25, 0.3) is 0 Å². The van der Waals surface area contributed by atoms with E-state index in [1.807, 2.05) is 0 Å². The monoisotopic (exact) mass is 412 g/mol. The average Bonchev–Trinajstić information content (AvgIpc) is 3.02. The molecule has 0 bridgehead atoms. The summed E-state index contributed by atoms with van der Waals surface area (Å²) >= 11 is 1.76. The number of fused-ring (bicyclic) bond motifs is 1. The van der Waals surface area contributed by atoms with Gasteiger partial charge in [0.05, 0.1) is 4.88 Å². The van der Waals surface area contributed by atoms with Crippen molar-refractivity contribution >= 4 is 17.1 Å². The molecule has 0 saturated heterocycles. The van der Waals surface area contributed by atoms with Crippen molar-refractivity contribution in [1.82, 2.24) is 0 Å². The lowest BCUT2D eigenvalue weighted by atomic mass is 9.74. The number of thiophene rings is 1. The summed E-state index contributed by atoms with van der Waals surface area (Å²) in [6.07, 6.45) is 7.50. The van der Waals surface area contributed by atoms with Crippen molar-refractivity contribution in [3.8, 4) is 0 Å². The molecule has 0 spiro atoms. The normalized spacial score (nSPS) is 15.4. The third kappa shape index (κ3) is 5.00. The van der Waals surface area contributed by atoms with Crippen LogP contribution >= 0.6 is 11.3 Å². The second-order valence-electron chi connectivity index (χ2n) is 9.46.